The van der Waals surface area contributed by atoms with Gasteiger partial charge in [-0.3, -0.25) is 4.79 Å². The summed E-state index contributed by atoms with van der Waals surface area (Å²) in [6, 6.07) is 8.85. The molecule has 4 heteroatoms. The zero-order chi connectivity index (χ0) is 11.3. The van der Waals surface area contributed by atoms with Crippen LogP contribution in [0.1, 0.15) is 6.92 Å². The van der Waals surface area contributed by atoms with Gasteiger partial charge in [0.05, 0.1) is 0 Å². The van der Waals surface area contributed by atoms with Crippen molar-refractivity contribution in [2.45, 2.75) is 6.92 Å². The minimum atomic E-state index is -1.13. The number of para-hydroxylation sites is 1. The third kappa shape index (κ3) is 3.64. The van der Waals surface area contributed by atoms with Gasteiger partial charge < -0.3 is 10.4 Å². The summed E-state index contributed by atoms with van der Waals surface area (Å²) in [5, 5.41) is 11.0. The molecule has 78 valence electrons. The van der Waals surface area contributed by atoms with Gasteiger partial charge in [0.15, 0.2) is 0 Å². The van der Waals surface area contributed by atoms with Gasteiger partial charge in [-0.25, -0.2) is 4.79 Å². The van der Waals surface area contributed by atoms with Crippen molar-refractivity contribution < 1.29 is 14.7 Å². The molecule has 0 unspecified atom stereocenters. The second kappa shape index (κ2) is 4.95. The predicted octanol–water partition coefficient (Wildman–Crippen LogP) is 1.66. The number of hydrogen-bond donors (Lipinski definition) is 2. The lowest BCUT2D eigenvalue weighted by atomic mass is 10.2. The van der Waals surface area contributed by atoms with Crippen LogP contribution in [0.5, 0.6) is 0 Å². The largest absolute Gasteiger partial charge is 0.478 e. The zero-order valence-electron chi connectivity index (χ0n) is 8.23. The molecule has 0 radical (unpaired) electrons. The van der Waals surface area contributed by atoms with Crippen molar-refractivity contribution in [3.8, 4) is 0 Å². The minimum Gasteiger partial charge on any atom is -0.478 e. The molecule has 0 atom stereocenters. The van der Waals surface area contributed by atoms with E-state index in [1.807, 2.05) is 6.07 Å². The first-order chi connectivity index (χ1) is 7.09. The van der Waals surface area contributed by atoms with Crippen LogP contribution >= 0.6 is 0 Å². The van der Waals surface area contributed by atoms with E-state index in [0.29, 0.717) is 5.69 Å². The molecule has 4 nitrogen and oxygen atoms in total. The normalized spacial score (nSPS) is 10.9. The van der Waals surface area contributed by atoms with Gasteiger partial charge in [0.2, 0.25) is 0 Å². The monoisotopic (exact) mass is 205 g/mol. The Labute approximate surface area is 87.2 Å². The highest BCUT2D eigenvalue weighted by molar-refractivity contribution is 6.06. The number of carbonyl (C=O) groups is 2. The summed E-state index contributed by atoms with van der Waals surface area (Å²) in [5.74, 6) is -1.54. The highest BCUT2D eigenvalue weighted by Gasteiger charge is 2.05. The summed E-state index contributed by atoms with van der Waals surface area (Å²) >= 11 is 0. The van der Waals surface area contributed by atoms with Crippen LogP contribution in [0.3, 0.4) is 0 Å². The molecule has 0 spiro atoms. The summed E-state index contributed by atoms with van der Waals surface area (Å²) in [5.41, 5.74) is 0.798. The van der Waals surface area contributed by atoms with Crippen molar-refractivity contribution in [3.63, 3.8) is 0 Å². The van der Waals surface area contributed by atoms with Gasteiger partial charge in [-0.15, -0.1) is 0 Å². The van der Waals surface area contributed by atoms with Crippen LogP contribution in [0.15, 0.2) is 42.0 Å². The van der Waals surface area contributed by atoms with Crippen LogP contribution in [-0.4, -0.2) is 17.0 Å². The summed E-state index contributed by atoms with van der Waals surface area (Å²) in [6.07, 6.45) is 0.873. The molecule has 0 aliphatic carbocycles. The number of amides is 1. The molecule has 2 N–H and O–H groups in total. The van der Waals surface area contributed by atoms with Gasteiger partial charge in [0.1, 0.15) is 0 Å². The van der Waals surface area contributed by atoms with Crippen LogP contribution in [0.4, 0.5) is 5.69 Å². The third-order valence-electron chi connectivity index (χ3n) is 1.73. The second-order valence-electron chi connectivity index (χ2n) is 2.99. The fraction of sp³-hybridized carbons (Fsp3) is 0.0909. The van der Waals surface area contributed by atoms with Gasteiger partial charge in [0.25, 0.3) is 5.91 Å². The molecular formula is C11H11NO3. The van der Waals surface area contributed by atoms with Gasteiger partial charge in [-0.1, -0.05) is 18.2 Å². The van der Waals surface area contributed by atoms with Crippen LogP contribution in [-0.2, 0) is 9.59 Å². The standard InChI is InChI=1S/C11H11NO3/c1-8(7-10(13)14)11(15)12-9-5-3-2-4-6-9/h2-7H,1H3,(H,12,15)(H,13,14)/b8-7+. The molecule has 0 saturated carbocycles. The Morgan fingerprint density at radius 3 is 2.40 bits per heavy atom. The molecule has 0 bridgehead atoms. The maximum absolute atomic E-state index is 11.4. The zero-order valence-corrected chi connectivity index (χ0v) is 8.23. The van der Waals surface area contributed by atoms with Crippen LogP contribution in [0, 0.1) is 0 Å². The van der Waals surface area contributed by atoms with Gasteiger partial charge in [0, 0.05) is 17.3 Å². The predicted molar refractivity (Wildman–Crippen MR) is 56.5 cm³/mol. The number of carboxylic acids is 1. The van der Waals surface area contributed by atoms with E-state index in [1.165, 1.54) is 6.92 Å². The van der Waals surface area contributed by atoms with Gasteiger partial charge in [-0.05, 0) is 19.1 Å². The van der Waals surface area contributed by atoms with Crippen molar-refractivity contribution in [3.05, 3.63) is 42.0 Å². The molecule has 1 amide bonds. The Morgan fingerprint density at radius 1 is 1.27 bits per heavy atom. The van der Waals surface area contributed by atoms with E-state index < -0.39 is 11.9 Å². The van der Waals surface area contributed by atoms with E-state index in [0.717, 1.165) is 6.08 Å². The van der Waals surface area contributed by atoms with Crippen molar-refractivity contribution in [2.75, 3.05) is 5.32 Å². The molecule has 15 heavy (non-hydrogen) atoms. The Kier molecular flexibility index (Phi) is 3.62. The molecule has 0 fully saturated rings. The summed E-state index contributed by atoms with van der Waals surface area (Å²) < 4.78 is 0. The van der Waals surface area contributed by atoms with Gasteiger partial charge >= 0.3 is 5.97 Å². The molecule has 0 aliphatic heterocycles. The Balaban J connectivity index is 2.68. The summed E-state index contributed by atoms with van der Waals surface area (Å²) in [6.45, 7) is 1.45. The van der Waals surface area contributed by atoms with Gasteiger partial charge in [-0.2, -0.15) is 0 Å². The fourth-order valence-electron chi connectivity index (χ4n) is 1.00. The first kappa shape index (κ1) is 11.0. The van der Waals surface area contributed by atoms with E-state index in [9.17, 15) is 9.59 Å². The summed E-state index contributed by atoms with van der Waals surface area (Å²) in [4.78, 5) is 21.7. The molecule has 1 aromatic rings. The quantitative estimate of drug-likeness (QED) is 0.737. The van der Waals surface area contributed by atoms with Crippen molar-refractivity contribution in [1.82, 2.24) is 0 Å². The van der Waals surface area contributed by atoms with E-state index in [1.54, 1.807) is 24.3 Å². The summed E-state index contributed by atoms with van der Waals surface area (Å²) in [7, 11) is 0. The number of hydrogen-bond acceptors (Lipinski definition) is 2. The Morgan fingerprint density at radius 2 is 1.87 bits per heavy atom. The average molecular weight is 205 g/mol. The topological polar surface area (TPSA) is 66.4 Å². The lowest BCUT2D eigenvalue weighted by Gasteiger charge is -2.03. The Hall–Kier alpha value is -2.10. The molecule has 0 heterocycles. The number of benzene rings is 1. The van der Waals surface area contributed by atoms with Crippen molar-refractivity contribution in [1.29, 1.82) is 0 Å². The molecule has 1 aromatic carbocycles. The number of carboxylic acid groups (broad SMARTS) is 1. The second-order valence-corrected chi connectivity index (χ2v) is 2.99. The SMILES string of the molecule is C/C(=C\C(=O)O)C(=O)Nc1ccccc1. The van der Waals surface area contributed by atoms with Crippen LogP contribution in [0.25, 0.3) is 0 Å². The number of rotatable bonds is 3. The highest BCUT2D eigenvalue weighted by atomic mass is 16.4. The fourth-order valence-corrected chi connectivity index (χ4v) is 1.00. The van der Waals surface area contributed by atoms with Crippen LogP contribution in [0.2, 0.25) is 0 Å². The molecular weight excluding hydrogens is 194 g/mol. The number of carbonyl (C=O) groups excluding carboxylic acids is 1. The number of aliphatic carboxylic acids is 1. The average Bonchev–Trinajstić information content (AvgIpc) is 2.18. The molecule has 0 aromatic heterocycles. The van der Waals surface area contributed by atoms with E-state index in [-0.39, 0.29) is 5.57 Å². The van der Waals surface area contributed by atoms with Crippen molar-refractivity contribution >= 4 is 17.6 Å². The highest BCUT2D eigenvalue weighted by Crippen LogP contribution is 2.06. The van der Waals surface area contributed by atoms with Crippen LogP contribution < -0.4 is 5.32 Å². The van der Waals surface area contributed by atoms with E-state index >= 15 is 0 Å². The van der Waals surface area contributed by atoms with E-state index in [4.69, 9.17) is 5.11 Å². The lowest BCUT2D eigenvalue weighted by Crippen LogP contribution is -2.13. The maximum Gasteiger partial charge on any atom is 0.328 e. The van der Waals surface area contributed by atoms with E-state index in [2.05, 4.69) is 5.32 Å². The molecule has 0 aliphatic rings. The maximum atomic E-state index is 11.4. The number of anilines is 1. The first-order valence-electron chi connectivity index (χ1n) is 4.37. The lowest BCUT2D eigenvalue weighted by molar-refractivity contribution is -0.131. The first-order valence-corrected chi connectivity index (χ1v) is 4.37. The Bertz CT molecular complexity index is 396. The molecule has 0 saturated heterocycles. The minimum absolute atomic E-state index is 0.159. The number of nitrogens with one attached hydrogen (secondary N) is 1. The molecule has 1 rings (SSSR count). The third-order valence-corrected chi connectivity index (χ3v) is 1.73. The smallest absolute Gasteiger partial charge is 0.328 e. The van der Waals surface area contributed by atoms with Crippen molar-refractivity contribution in [2.24, 2.45) is 0 Å².